The minimum absolute atomic E-state index is 0.0713. The van der Waals surface area contributed by atoms with Gasteiger partial charge in [-0.3, -0.25) is 14.5 Å². The highest BCUT2D eigenvalue weighted by Crippen LogP contribution is 2.14. The summed E-state index contributed by atoms with van der Waals surface area (Å²) < 4.78 is 0. The van der Waals surface area contributed by atoms with Crippen LogP contribution >= 0.6 is 0 Å². The van der Waals surface area contributed by atoms with Crippen molar-refractivity contribution in [2.45, 2.75) is 19.8 Å². The maximum Gasteiger partial charge on any atom is 0.236 e. The van der Waals surface area contributed by atoms with Gasteiger partial charge in [-0.15, -0.1) is 0 Å². The molecule has 2 saturated heterocycles. The van der Waals surface area contributed by atoms with Gasteiger partial charge in [-0.05, 0) is 19.4 Å². The molecule has 6 heteroatoms. The largest absolute Gasteiger partial charge is 0.339 e. The Bertz CT molecular complexity index is 378. The molecular formula is C14H23N3O3. The van der Waals surface area contributed by atoms with Crippen LogP contribution in [0.4, 0.5) is 0 Å². The van der Waals surface area contributed by atoms with Crippen LogP contribution in [0.15, 0.2) is 0 Å². The van der Waals surface area contributed by atoms with E-state index in [0.29, 0.717) is 39.3 Å². The van der Waals surface area contributed by atoms with Crippen LogP contribution < -0.4 is 0 Å². The third-order valence-electron chi connectivity index (χ3n) is 4.17. The topological polar surface area (TPSA) is 60.9 Å². The zero-order valence-electron chi connectivity index (χ0n) is 12.1. The molecular weight excluding hydrogens is 258 g/mol. The maximum absolute atomic E-state index is 12.2. The smallest absolute Gasteiger partial charge is 0.236 e. The lowest BCUT2D eigenvalue weighted by molar-refractivity contribution is -0.139. The van der Waals surface area contributed by atoms with E-state index in [1.54, 1.807) is 11.8 Å². The molecule has 0 radical (unpaired) electrons. The Morgan fingerprint density at radius 3 is 2.35 bits per heavy atom. The number of amides is 2. The van der Waals surface area contributed by atoms with Crippen molar-refractivity contribution in [2.75, 3.05) is 45.8 Å². The van der Waals surface area contributed by atoms with Gasteiger partial charge < -0.3 is 14.6 Å². The predicted octanol–water partition coefficient (Wildman–Crippen LogP) is -0.412. The molecule has 2 aliphatic heterocycles. The van der Waals surface area contributed by atoms with Crippen LogP contribution in [0.25, 0.3) is 0 Å². The molecule has 1 unspecified atom stereocenters. The average Bonchev–Trinajstić information content (AvgIpc) is 2.47. The number of hydrogen-bond donors (Lipinski definition) is 0. The molecule has 0 spiro atoms. The number of aldehydes is 1. The normalized spacial score (nSPS) is 24.6. The third kappa shape index (κ3) is 3.79. The molecule has 0 aromatic heterocycles. The molecule has 0 aliphatic carbocycles. The fourth-order valence-corrected chi connectivity index (χ4v) is 2.91. The highest BCUT2D eigenvalue weighted by atomic mass is 16.2. The first kappa shape index (κ1) is 15.0. The van der Waals surface area contributed by atoms with Gasteiger partial charge in [0.05, 0.1) is 6.54 Å². The van der Waals surface area contributed by atoms with Crippen LogP contribution in [-0.4, -0.2) is 78.6 Å². The van der Waals surface area contributed by atoms with Crippen molar-refractivity contribution in [3.8, 4) is 0 Å². The van der Waals surface area contributed by atoms with Gasteiger partial charge in [-0.25, -0.2) is 0 Å². The van der Waals surface area contributed by atoms with Crippen LogP contribution in [-0.2, 0) is 14.4 Å². The molecule has 2 fully saturated rings. The molecule has 1 atom stereocenters. The first-order valence-electron chi connectivity index (χ1n) is 7.31. The number of hydrogen-bond acceptors (Lipinski definition) is 4. The standard InChI is InChI=1S/C14H23N3O3/c1-12(19)16-5-7-17(8-6-16)14(20)10-15-4-2-3-13(9-15)11-18/h11,13H,2-10H2,1H3. The average molecular weight is 281 g/mol. The fraction of sp³-hybridized carbons (Fsp3) is 0.786. The highest BCUT2D eigenvalue weighted by molar-refractivity contribution is 5.79. The summed E-state index contributed by atoms with van der Waals surface area (Å²) in [6.45, 7) is 6.02. The Labute approximate surface area is 119 Å². The third-order valence-corrected chi connectivity index (χ3v) is 4.17. The molecule has 0 N–H and O–H groups in total. The summed E-state index contributed by atoms with van der Waals surface area (Å²) in [5.41, 5.74) is 0. The lowest BCUT2D eigenvalue weighted by Gasteiger charge is -2.36. The fourth-order valence-electron chi connectivity index (χ4n) is 2.91. The molecule has 112 valence electrons. The predicted molar refractivity (Wildman–Crippen MR) is 74.1 cm³/mol. The maximum atomic E-state index is 12.2. The van der Waals surface area contributed by atoms with E-state index < -0.39 is 0 Å². The molecule has 0 aromatic carbocycles. The SMILES string of the molecule is CC(=O)N1CCN(C(=O)CN2CCCC(C=O)C2)CC1. The number of piperazine rings is 1. The summed E-state index contributed by atoms with van der Waals surface area (Å²) >= 11 is 0. The molecule has 0 bridgehead atoms. The lowest BCUT2D eigenvalue weighted by Crippen LogP contribution is -2.53. The van der Waals surface area contributed by atoms with Gasteiger partial charge in [-0.1, -0.05) is 0 Å². The van der Waals surface area contributed by atoms with Crippen LogP contribution in [0.1, 0.15) is 19.8 Å². The van der Waals surface area contributed by atoms with E-state index in [-0.39, 0.29) is 17.7 Å². The molecule has 2 heterocycles. The van der Waals surface area contributed by atoms with Crippen molar-refractivity contribution < 1.29 is 14.4 Å². The van der Waals surface area contributed by atoms with Crippen LogP contribution in [0.2, 0.25) is 0 Å². The number of rotatable bonds is 3. The van der Waals surface area contributed by atoms with Gasteiger partial charge in [0, 0.05) is 45.6 Å². The molecule has 0 saturated carbocycles. The van der Waals surface area contributed by atoms with Crippen molar-refractivity contribution in [1.29, 1.82) is 0 Å². The number of piperidine rings is 1. The minimum atomic E-state index is 0.0713. The first-order chi connectivity index (χ1) is 9.60. The summed E-state index contributed by atoms with van der Waals surface area (Å²) in [4.78, 5) is 40.0. The van der Waals surface area contributed by atoms with Crippen LogP contribution in [0.3, 0.4) is 0 Å². The quantitative estimate of drug-likeness (QED) is 0.660. The van der Waals surface area contributed by atoms with Crippen LogP contribution in [0.5, 0.6) is 0 Å². The molecule has 6 nitrogen and oxygen atoms in total. The van der Waals surface area contributed by atoms with E-state index >= 15 is 0 Å². The van der Waals surface area contributed by atoms with Gasteiger partial charge in [0.1, 0.15) is 6.29 Å². The zero-order chi connectivity index (χ0) is 14.5. The molecule has 2 rings (SSSR count). The Balaban J connectivity index is 1.78. The monoisotopic (exact) mass is 281 g/mol. The van der Waals surface area contributed by atoms with Crippen molar-refractivity contribution in [3.05, 3.63) is 0 Å². The second kappa shape index (κ2) is 6.83. The second-order valence-corrected chi connectivity index (χ2v) is 5.66. The highest BCUT2D eigenvalue weighted by Gasteiger charge is 2.26. The van der Waals surface area contributed by atoms with Crippen molar-refractivity contribution in [2.24, 2.45) is 5.92 Å². The van der Waals surface area contributed by atoms with Crippen molar-refractivity contribution in [3.63, 3.8) is 0 Å². The lowest BCUT2D eigenvalue weighted by atomic mass is 10.00. The van der Waals surface area contributed by atoms with Gasteiger partial charge >= 0.3 is 0 Å². The number of nitrogens with zero attached hydrogens (tertiary/aromatic N) is 3. The minimum Gasteiger partial charge on any atom is -0.339 e. The Morgan fingerprint density at radius 2 is 1.75 bits per heavy atom. The van der Waals surface area contributed by atoms with E-state index in [2.05, 4.69) is 4.90 Å². The van der Waals surface area contributed by atoms with E-state index in [9.17, 15) is 14.4 Å². The van der Waals surface area contributed by atoms with E-state index in [1.807, 2.05) is 4.90 Å². The van der Waals surface area contributed by atoms with E-state index in [0.717, 1.165) is 25.7 Å². The van der Waals surface area contributed by atoms with Gasteiger partial charge in [-0.2, -0.15) is 0 Å². The molecule has 20 heavy (non-hydrogen) atoms. The summed E-state index contributed by atoms with van der Waals surface area (Å²) in [6, 6.07) is 0. The molecule has 2 aliphatic rings. The van der Waals surface area contributed by atoms with Gasteiger partial charge in [0.15, 0.2) is 0 Å². The zero-order valence-corrected chi connectivity index (χ0v) is 12.1. The van der Waals surface area contributed by atoms with Crippen molar-refractivity contribution >= 4 is 18.1 Å². The number of carbonyl (C=O) groups is 3. The second-order valence-electron chi connectivity index (χ2n) is 5.66. The van der Waals surface area contributed by atoms with Crippen molar-refractivity contribution in [1.82, 2.24) is 14.7 Å². The Hall–Kier alpha value is -1.43. The Morgan fingerprint density at radius 1 is 1.10 bits per heavy atom. The summed E-state index contributed by atoms with van der Waals surface area (Å²) in [7, 11) is 0. The molecule has 2 amide bonds. The molecule has 0 aromatic rings. The van der Waals surface area contributed by atoms with Crippen LogP contribution in [0, 0.1) is 5.92 Å². The van der Waals surface area contributed by atoms with E-state index in [1.165, 1.54) is 0 Å². The summed E-state index contributed by atoms with van der Waals surface area (Å²) in [6.07, 6.45) is 2.92. The summed E-state index contributed by atoms with van der Waals surface area (Å²) in [5, 5.41) is 0. The Kier molecular flexibility index (Phi) is 5.11. The summed E-state index contributed by atoms with van der Waals surface area (Å²) in [5.74, 6) is 0.257. The van der Waals surface area contributed by atoms with Gasteiger partial charge in [0.25, 0.3) is 0 Å². The van der Waals surface area contributed by atoms with Gasteiger partial charge in [0.2, 0.25) is 11.8 Å². The van der Waals surface area contributed by atoms with E-state index in [4.69, 9.17) is 0 Å². The number of likely N-dealkylation sites (tertiary alicyclic amines) is 1. The number of carbonyl (C=O) groups excluding carboxylic acids is 3. The first-order valence-corrected chi connectivity index (χ1v) is 7.31.